The highest BCUT2D eigenvalue weighted by Gasteiger charge is 2.11. The summed E-state index contributed by atoms with van der Waals surface area (Å²) in [5, 5.41) is 7.33. The van der Waals surface area contributed by atoms with Gasteiger partial charge >= 0.3 is 0 Å². The van der Waals surface area contributed by atoms with Crippen LogP contribution >= 0.6 is 11.3 Å². The van der Waals surface area contributed by atoms with Gasteiger partial charge in [0.2, 0.25) is 5.91 Å². The first-order chi connectivity index (χ1) is 10.1. The molecule has 0 saturated carbocycles. The lowest BCUT2D eigenvalue weighted by atomic mass is 10.2. The zero-order valence-electron chi connectivity index (χ0n) is 11.2. The second kappa shape index (κ2) is 5.37. The van der Waals surface area contributed by atoms with Gasteiger partial charge in [0.25, 0.3) is 5.91 Å². The van der Waals surface area contributed by atoms with Crippen molar-refractivity contribution in [1.82, 2.24) is 9.38 Å². The maximum Gasteiger partial charge on any atom is 0.275 e. The van der Waals surface area contributed by atoms with Crippen LogP contribution in [0.5, 0.6) is 0 Å². The lowest BCUT2D eigenvalue weighted by Crippen LogP contribution is -2.13. The highest BCUT2D eigenvalue weighted by Crippen LogP contribution is 2.17. The third-order valence-corrected chi connectivity index (χ3v) is 3.54. The van der Waals surface area contributed by atoms with Crippen LogP contribution in [0.15, 0.2) is 42.0 Å². The van der Waals surface area contributed by atoms with Crippen molar-refractivity contribution in [2.24, 2.45) is 0 Å². The van der Waals surface area contributed by atoms with Gasteiger partial charge in [0, 0.05) is 36.1 Å². The van der Waals surface area contributed by atoms with Crippen LogP contribution in [0.3, 0.4) is 0 Å². The highest BCUT2D eigenvalue weighted by molar-refractivity contribution is 7.15. The Hall–Kier alpha value is -2.67. The Kier molecular flexibility index (Phi) is 3.41. The van der Waals surface area contributed by atoms with Gasteiger partial charge in [-0.25, -0.2) is 4.98 Å². The molecule has 2 amide bonds. The molecule has 2 heterocycles. The van der Waals surface area contributed by atoms with E-state index < -0.39 is 0 Å². The van der Waals surface area contributed by atoms with Gasteiger partial charge in [-0.15, -0.1) is 11.3 Å². The van der Waals surface area contributed by atoms with Crippen molar-refractivity contribution in [1.29, 1.82) is 0 Å². The minimum Gasteiger partial charge on any atom is -0.326 e. The van der Waals surface area contributed by atoms with Crippen LogP contribution in [0.4, 0.5) is 11.4 Å². The average molecular weight is 300 g/mol. The third-order valence-electron chi connectivity index (χ3n) is 2.77. The molecule has 7 heteroatoms. The van der Waals surface area contributed by atoms with E-state index in [2.05, 4.69) is 15.6 Å². The molecule has 0 spiro atoms. The van der Waals surface area contributed by atoms with Crippen molar-refractivity contribution in [3.63, 3.8) is 0 Å². The number of hydrogen-bond acceptors (Lipinski definition) is 4. The number of anilines is 2. The Morgan fingerprint density at radius 3 is 2.71 bits per heavy atom. The van der Waals surface area contributed by atoms with Crippen LogP contribution in [-0.2, 0) is 4.79 Å². The Morgan fingerprint density at radius 2 is 2.00 bits per heavy atom. The molecule has 21 heavy (non-hydrogen) atoms. The molecule has 0 saturated heterocycles. The van der Waals surface area contributed by atoms with Crippen molar-refractivity contribution in [2.75, 3.05) is 10.6 Å². The van der Waals surface area contributed by atoms with Crippen molar-refractivity contribution >= 4 is 39.5 Å². The number of rotatable bonds is 3. The summed E-state index contributed by atoms with van der Waals surface area (Å²) in [6.07, 6.45) is 3.53. The van der Waals surface area contributed by atoms with Gasteiger partial charge in [-0.3, -0.25) is 14.0 Å². The Morgan fingerprint density at radius 1 is 1.24 bits per heavy atom. The number of thiazole rings is 1. The van der Waals surface area contributed by atoms with Crippen molar-refractivity contribution in [3.05, 3.63) is 47.7 Å². The molecular formula is C14H12N4O2S. The second-order valence-electron chi connectivity index (χ2n) is 4.44. The molecule has 0 aliphatic heterocycles. The van der Waals surface area contributed by atoms with Gasteiger partial charge in [-0.1, -0.05) is 6.07 Å². The molecule has 0 unspecified atom stereocenters. The molecule has 2 N–H and O–H groups in total. The monoisotopic (exact) mass is 300 g/mol. The van der Waals surface area contributed by atoms with E-state index in [1.54, 1.807) is 34.9 Å². The maximum atomic E-state index is 12.1. The fraction of sp³-hybridized carbons (Fsp3) is 0.0714. The van der Waals surface area contributed by atoms with E-state index in [0.29, 0.717) is 17.1 Å². The van der Waals surface area contributed by atoms with Crippen LogP contribution in [0.25, 0.3) is 4.96 Å². The zero-order valence-corrected chi connectivity index (χ0v) is 12.0. The predicted molar refractivity (Wildman–Crippen MR) is 81.8 cm³/mol. The lowest BCUT2D eigenvalue weighted by Gasteiger charge is -2.06. The minimum atomic E-state index is -0.286. The first-order valence-corrected chi connectivity index (χ1v) is 7.11. The number of nitrogens with one attached hydrogen (secondary N) is 2. The van der Waals surface area contributed by atoms with Gasteiger partial charge in [0.15, 0.2) is 4.96 Å². The summed E-state index contributed by atoms with van der Waals surface area (Å²) in [7, 11) is 0. The van der Waals surface area contributed by atoms with E-state index >= 15 is 0 Å². The number of carbonyl (C=O) groups is 2. The third kappa shape index (κ3) is 2.92. The van der Waals surface area contributed by atoms with E-state index in [1.165, 1.54) is 18.3 Å². The summed E-state index contributed by atoms with van der Waals surface area (Å²) in [6.45, 7) is 1.43. The zero-order chi connectivity index (χ0) is 14.8. The molecule has 1 aromatic carbocycles. The smallest absolute Gasteiger partial charge is 0.275 e. The van der Waals surface area contributed by atoms with Gasteiger partial charge in [-0.05, 0) is 18.2 Å². The van der Waals surface area contributed by atoms with Crippen LogP contribution in [0.2, 0.25) is 0 Å². The molecular weight excluding hydrogens is 288 g/mol. The molecule has 0 aliphatic carbocycles. The molecule has 2 aromatic heterocycles. The molecule has 0 fully saturated rings. The van der Waals surface area contributed by atoms with Gasteiger partial charge in [0.05, 0.1) is 0 Å². The Labute approximate surface area is 124 Å². The van der Waals surface area contributed by atoms with Crippen LogP contribution < -0.4 is 10.6 Å². The van der Waals surface area contributed by atoms with Crippen molar-refractivity contribution < 1.29 is 9.59 Å². The number of benzene rings is 1. The van der Waals surface area contributed by atoms with Gasteiger partial charge in [-0.2, -0.15) is 0 Å². The molecule has 0 atom stereocenters. The summed E-state index contributed by atoms with van der Waals surface area (Å²) in [6, 6.07) is 6.95. The van der Waals surface area contributed by atoms with E-state index in [9.17, 15) is 9.59 Å². The number of nitrogens with zero attached hydrogens (tertiary/aromatic N) is 2. The molecule has 3 rings (SSSR count). The summed E-state index contributed by atoms with van der Waals surface area (Å²) < 4.78 is 1.80. The molecule has 6 nitrogen and oxygen atoms in total. The number of amides is 2. The molecule has 3 aromatic rings. The maximum absolute atomic E-state index is 12.1. The number of fused-ring (bicyclic) bond motifs is 1. The standard InChI is InChI=1S/C14H12N4O2S/c1-9(19)15-10-3-2-4-11(7-10)16-13(20)12-8-18-5-6-21-14(18)17-12/h2-8H,1H3,(H,15,19)(H,16,20). The van der Waals surface area contributed by atoms with E-state index in [4.69, 9.17) is 0 Å². The minimum absolute atomic E-state index is 0.159. The number of imidazole rings is 1. The van der Waals surface area contributed by atoms with E-state index in [-0.39, 0.29) is 11.8 Å². The summed E-state index contributed by atoms with van der Waals surface area (Å²) in [5.74, 6) is -0.446. The first-order valence-electron chi connectivity index (χ1n) is 6.23. The fourth-order valence-electron chi connectivity index (χ4n) is 1.91. The SMILES string of the molecule is CC(=O)Nc1cccc(NC(=O)c2cn3ccsc3n2)c1. The summed E-state index contributed by atoms with van der Waals surface area (Å²) in [4.78, 5) is 28.2. The van der Waals surface area contributed by atoms with Crippen LogP contribution in [0, 0.1) is 0 Å². The lowest BCUT2D eigenvalue weighted by molar-refractivity contribution is -0.114. The normalized spacial score (nSPS) is 10.5. The molecule has 106 valence electrons. The summed E-state index contributed by atoms with van der Waals surface area (Å²) in [5.41, 5.74) is 1.58. The first kappa shape index (κ1) is 13.3. The molecule has 0 aliphatic rings. The fourth-order valence-corrected chi connectivity index (χ4v) is 2.61. The number of hydrogen-bond donors (Lipinski definition) is 2. The topological polar surface area (TPSA) is 75.5 Å². The number of aromatic nitrogens is 2. The Bertz CT molecular complexity index is 793. The predicted octanol–water partition coefficient (Wildman–Crippen LogP) is 2.61. The largest absolute Gasteiger partial charge is 0.326 e. The summed E-state index contributed by atoms with van der Waals surface area (Å²) >= 11 is 1.47. The molecule has 0 bridgehead atoms. The van der Waals surface area contributed by atoms with Crippen LogP contribution in [0.1, 0.15) is 17.4 Å². The quantitative estimate of drug-likeness (QED) is 0.780. The van der Waals surface area contributed by atoms with Gasteiger partial charge in [0.1, 0.15) is 5.69 Å². The Balaban J connectivity index is 1.77. The average Bonchev–Trinajstić information content (AvgIpc) is 2.98. The van der Waals surface area contributed by atoms with Gasteiger partial charge < -0.3 is 10.6 Å². The second-order valence-corrected chi connectivity index (χ2v) is 5.31. The van der Waals surface area contributed by atoms with Crippen molar-refractivity contribution in [3.8, 4) is 0 Å². The highest BCUT2D eigenvalue weighted by atomic mass is 32.1. The van der Waals surface area contributed by atoms with Crippen molar-refractivity contribution in [2.45, 2.75) is 6.92 Å². The number of carbonyl (C=O) groups excluding carboxylic acids is 2. The molecule has 0 radical (unpaired) electrons. The van der Waals surface area contributed by atoms with E-state index in [0.717, 1.165) is 4.96 Å². The van der Waals surface area contributed by atoms with E-state index in [1.807, 2.05) is 11.6 Å². The van der Waals surface area contributed by atoms with Crippen LogP contribution in [-0.4, -0.2) is 21.2 Å².